The van der Waals surface area contributed by atoms with Crippen LogP contribution < -0.4 is 5.32 Å². The van der Waals surface area contributed by atoms with E-state index < -0.39 is 0 Å². The fourth-order valence-corrected chi connectivity index (χ4v) is 2.23. The van der Waals surface area contributed by atoms with Crippen molar-refractivity contribution in [1.29, 1.82) is 0 Å². The van der Waals surface area contributed by atoms with Gasteiger partial charge in [-0.2, -0.15) is 0 Å². The molecule has 1 N–H and O–H groups in total. The Balaban J connectivity index is 1.59. The molecule has 6 nitrogen and oxygen atoms in total. The molecule has 23 heavy (non-hydrogen) atoms. The summed E-state index contributed by atoms with van der Waals surface area (Å²) in [6.45, 7) is 3.02. The molecule has 1 amide bonds. The Morgan fingerprint density at radius 1 is 1.22 bits per heavy atom. The van der Waals surface area contributed by atoms with Crippen LogP contribution in [0.1, 0.15) is 27.3 Å². The second-order valence-electron chi connectivity index (χ2n) is 5.27. The maximum Gasteiger partial charge on any atom is 0.251 e. The fraction of sp³-hybridized carbons (Fsp3) is 0.176. The Bertz CT molecular complexity index is 781. The van der Waals surface area contributed by atoms with Gasteiger partial charge in [-0.05, 0) is 30.7 Å². The van der Waals surface area contributed by atoms with E-state index in [0.717, 1.165) is 23.5 Å². The van der Waals surface area contributed by atoms with Crippen LogP contribution in [0.3, 0.4) is 0 Å². The Labute approximate surface area is 134 Å². The van der Waals surface area contributed by atoms with Crippen molar-refractivity contribution in [3.05, 3.63) is 77.9 Å². The third-order valence-electron chi connectivity index (χ3n) is 3.43. The Hall–Kier alpha value is -3.02. The number of hydrogen-bond donors (Lipinski definition) is 1. The van der Waals surface area contributed by atoms with Crippen molar-refractivity contribution in [3.8, 4) is 0 Å². The summed E-state index contributed by atoms with van der Waals surface area (Å²) < 4.78 is 1.98. The van der Waals surface area contributed by atoms with Crippen molar-refractivity contribution in [2.75, 3.05) is 0 Å². The van der Waals surface area contributed by atoms with Crippen LogP contribution in [0, 0.1) is 6.92 Å². The van der Waals surface area contributed by atoms with Crippen molar-refractivity contribution in [1.82, 2.24) is 24.8 Å². The maximum absolute atomic E-state index is 12.2. The molecule has 0 aliphatic heterocycles. The van der Waals surface area contributed by atoms with Gasteiger partial charge in [-0.3, -0.25) is 4.79 Å². The number of hydrogen-bond acceptors (Lipinski definition) is 4. The summed E-state index contributed by atoms with van der Waals surface area (Å²) in [4.78, 5) is 24.3. The molecule has 0 aliphatic carbocycles. The number of aromatic nitrogens is 4. The summed E-state index contributed by atoms with van der Waals surface area (Å²) in [7, 11) is 0. The topological polar surface area (TPSA) is 72.7 Å². The van der Waals surface area contributed by atoms with E-state index in [0.29, 0.717) is 12.1 Å². The summed E-state index contributed by atoms with van der Waals surface area (Å²) in [6, 6.07) is 9.40. The van der Waals surface area contributed by atoms with Crippen molar-refractivity contribution >= 4 is 5.91 Å². The molecule has 3 rings (SSSR count). The molecule has 2 heterocycles. The van der Waals surface area contributed by atoms with Crippen LogP contribution in [-0.4, -0.2) is 25.4 Å². The van der Waals surface area contributed by atoms with Crippen molar-refractivity contribution < 1.29 is 4.79 Å². The molecule has 1 aromatic carbocycles. The normalized spacial score (nSPS) is 10.5. The number of aryl methyl sites for hydroxylation is 1. The summed E-state index contributed by atoms with van der Waals surface area (Å²) >= 11 is 0. The van der Waals surface area contributed by atoms with Crippen LogP contribution in [-0.2, 0) is 13.1 Å². The number of rotatable bonds is 5. The highest BCUT2D eigenvalue weighted by molar-refractivity contribution is 5.94. The van der Waals surface area contributed by atoms with Gasteiger partial charge in [0.25, 0.3) is 5.91 Å². The molecule has 0 atom stereocenters. The zero-order chi connectivity index (χ0) is 16.1. The lowest BCUT2D eigenvalue weighted by atomic mass is 10.1. The Morgan fingerprint density at radius 2 is 2.04 bits per heavy atom. The summed E-state index contributed by atoms with van der Waals surface area (Å²) in [5.74, 6) is -0.115. The van der Waals surface area contributed by atoms with Gasteiger partial charge in [-0.1, -0.05) is 12.1 Å². The van der Waals surface area contributed by atoms with Crippen molar-refractivity contribution in [2.45, 2.75) is 20.0 Å². The maximum atomic E-state index is 12.2. The molecule has 0 saturated heterocycles. The zero-order valence-electron chi connectivity index (χ0n) is 12.8. The third-order valence-corrected chi connectivity index (χ3v) is 3.43. The van der Waals surface area contributed by atoms with E-state index in [1.165, 1.54) is 6.33 Å². The van der Waals surface area contributed by atoms with Crippen LogP contribution in [0.4, 0.5) is 0 Å². The van der Waals surface area contributed by atoms with Crippen molar-refractivity contribution in [3.63, 3.8) is 0 Å². The van der Waals surface area contributed by atoms with E-state index in [1.807, 2.05) is 48.0 Å². The van der Waals surface area contributed by atoms with E-state index in [4.69, 9.17) is 0 Å². The van der Waals surface area contributed by atoms with Gasteiger partial charge in [0.1, 0.15) is 6.33 Å². The van der Waals surface area contributed by atoms with Crippen LogP contribution in [0.5, 0.6) is 0 Å². The van der Waals surface area contributed by atoms with E-state index in [9.17, 15) is 4.79 Å². The molecule has 0 aliphatic rings. The van der Waals surface area contributed by atoms with Crippen molar-refractivity contribution in [2.24, 2.45) is 0 Å². The van der Waals surface area contributed by atoms with Crippen LogP contribution in [0.15, 0.2) is 55.4 Å². The highest BCUT2D eigenvalue weighted by Crippen LogP contribution is 2.07. The zero-order valence-corrected chi connectivity index (χ0v) is 12.8. The van der Waals surface area contributed by atoms with Crippen LogP contribution >= 0.6 is 0 Å². The van der Waals surface area contributed by atoms with Gasteiger partial charge in [-0.25, -0.2) is 15.0 Å². The molecular weight excluding hydrogens is 290 g/mol. The number of nitrogens with zero attached hydrogens (tertiary/aromatic N) is 4. The number of benzene rings is 1. The highest BCUT2D eigenvalue weighted by Gasteiger charge is 2.06. The Morgan fingerprint density at radius 3 is 2.74 bits per heavy atom. The van der Waals surface area contributed by atoms with E-state index in [-0.39, 0.29) is 5.91 Å². The van der Waals surface area contributed by atoms with Gasteiger partial charge < -0.3 is 9.88 Å². The highest BCUT2D eigenvalue weighted by atomic mass is 16.1. The molecular formula is C17H17N5O. The molecule has 116 valence electrons. The largest absolute Gasteiger partial charge is 0.346 e. The minimum Gasteiger partial charge on any atom is -0.346 e. The third kappa shape index (κ3) is 4.00. The molecule has 0 unspecified atom stereocenters. The number of nitrogens with one attached hydrogen (secondary N) is 1. The SMILES string of the molecule is Cc1cc(CNC(=O)c2ccc(Cn3ccnc3)cc2)ncn1. The summed E-state index contributed by atoms with van der Waals surface area (Å²) in [5, 5.41) is 2.86. The first-order chi connectivity index (χ1) is 11.2. The van der Waals surface area contributed by atoms with Gasteiger partial charge >= 0.3 is 0 Å². The van der Waals surface area contributed by atoms with Gasteiger partial charge in [0, 0.05) is 30.2 Å². The smallest absolute Gasteiger partial charge is 0.251 e. The minimum atomic E-state index is -0.115. The number of imidazole rings is 1. The predicted molar refractivity (Wildman–Crippen MR) is 85.7 cm³/mol. The predicted octanol–water partition coefficient (Wildman–Crippen LogP) is 1.96. The number of carbonyl (C=O) groups is 1. The van der Waals surface area contributed by atoms with E-state index >= 15 is 0 Å². The molecule has 6 heteroatoms. The quantitative estimate of drug-likeness (QED) is 0.782. The summed E-state index contributed by atoms with van der Waals surface area (Å²) in [6.07, 6.45) is 6.92. The molecule has 3 aromatic rings. The minimum absolute atomic E-state index is 0.115. The first-order valence-electron chi connectivity index (χ1n) is 7.31. The summed E-state index contributed by atoms with van der Waals surface area (Å²) in [5.41, 5.74) is 3.42. The lowest BCUT2D eigenvalue weighted by Crippen LogP contribution is -2.23. The lowest BCUT2D eigenvalue weighted by molar-refractivity contribution is 0.0950. The van der Waals surface area contributed by atoms with E-state index in [1.54, 1.807) is 12.5 Å². The molecule has 0 saturated carbocycles. The van der Waals surface area contributed by atoms with Crippen LogP contribution in [0.2, 0.25) is 0 Å². The van der Waals surface area contributed by atoms with Gasteiger partial charge in [0.2, 0.25) is 0 Å². The average molecular weight is 307 g/mol. The second kappa shape index (κ2) is 6.83. The molecule has 0 radical (unpaired) electrons. The number of carbonyl (C=O) groups excluding carboxylic acids is 1. The molecule has 2 aromatic heterocycles. The van der Waals surface area contributed by atoms with Gasteiger partial charge in [-0.15, -0.1) is 0 Å². The standard InChI is InChI=1S/C17H17N5O/c1-13-8-16(21-11-20-13)9-19-17(23)15-4-2-14(3-5-15)10-22-7-6-18-12-22/h2-8,11-12H,9-10H2,1H3,(H,19,23). The molecule has 0 spiro atoms. The molecule has 0 bridgehead atoms. The van der Waals surface area contributed by atoms with Gasteiger partial charge in [0.15, 0.2) is 0 Å². The van der Waals surface area contributed by atoms with E-state index in [2.05, 4.69) is 20.3 Å². The first-order valence-corrected chi connectivity index (χ1v) is 7.31. The van der Waals surface area contributed by atoms with Gasteiger partial charge in [0.05, 0.1) is 18.6 Å². The van der Waals surface area contributed by atoms with Crippen LogP contribution in [0.25, 0.3) is 0 Å². The molecule has 0 fully saturated rings. The second-order valence-corrected chi connectivity index (χ2v) is 5.27. The monoisotopic (exact) mass is 307 g/mol. The number of amides is 1. The fourth-order valence-electron chi connectivity index (χ4n) is 2.23. The average Bonchev–Trinajstić information content (AvgIpc) is 3.06. The first kappa shape index (κ1) is 14.9. The Kier molecular flexibility index (Phi) is 4.42. The lowest BCUT2D eigenvalue weighted by Gasteiger charge is -2.07.